The predicted octanol–water partition coefficient (Wildman–Crippen LogP) is 1.72. The average Bonchev–Trinajstić information content (AvgIpc) is 2.73. The van der Waals surface area contributed by atoms with E-state index in [9.17, 15) is 18.0 Å². The molecule has 30 heavy (non-hydrogen) atoms. The molecule has 2 rings (SSSR count). The largest absolute Gasteiger partial charge is 0.494 e. The lowest BCUT2D eigenvalue weighted by atomic mass is 10.2. The summed E-state index contributed by atoms with van der Waals surface area (Å²) in [5, 5.41) is 2.54. The van der Waals surface area contributed by atoms with Crippen LogP contribution in [-0.2, 0) is 21.4 Å². The molecule has 0 aromatic heterocycles. The Morgan fingerprint density at radius 1 is 1.03 bits per heavy atom. The van der Waals surface area contributed by atoms with Crippen molar-refractivity contribution in [2.75, 3.05) is 34.3 Å². The van der Waals surface area contributed by atoms with Gasteiger partial charge in [-0.1, -0.05) is 18.2 Å². The van der Waals surface area contributed by atoms with E-state index >= 15 is 0 Å². The van der Waals surface area contributed by atoms with Crippen molar-refractivity contribution in [1.82, 2.24) is 14.5 Å². The molecule has 0 radical (unpaired) electrons. The van der Waals surface area contributed by atoms with Gasteiger partial charge in [0.05, 0.1) is 18.0 Å². The molecule has 0 atom stereocenters. The molecule has 1 N–H and O–H groups in total. The maximum Gasteiger partial charge on any atom is 0.251 e. The molecule has 2 amide bonds. The molecule has 0 saturated carbocycles. The molecule has 0 spiro atoms. The number of amides is 2. The van der Waals surface area contributed by atoms with Crippen LogP contribution >= 0.6 is 0 Å². The first-order valence-corrected chi connectivity index (χ1v) is 10.9. The fourth-order valence-electron chi connectivity index (χ4n) is 2.62. The molecular weight excluding hydrogens is 406 g/mol. The van der Waals surface area contributed by atoms with Gasteiger partial charge in [-0.05, 0) is 42.8 Å². The van der Waals surface area contributed by atoms with Gasteiger partial charge >= 0.3 is 0 Å². The number of hydrogen-bond acceptors (Lipinski definition) is 5. The SMILES string of the molecule is CCOc1ccc(CN(C)C(=O)CNC(=O)c2cccc(S(=O)(=O)N(C)C)c2)cc1. The van der Waals surface area contributed by atoms with Gasteiger partial charge in [-0.2, -0.15) is 0 Å². The van der Waals surface area contributed by atoms with Crippen molar-refractivity contribution in [3.63, 3.8) is 0 Å². The summed E-state index contributed by atoms with van der Waals surface area (Å²) in [7, 11) is 0.833. The third-order valence-corrected chi connectivity index (χ3v) is 6.17. The standard InChI is InChI=1S/C21H27N3O5S/c1-5-29-18-11-9-16(10-12-18)15-24(4)20(25)14-22-21(26)17-7-6-8-19(13-17)30(27,28)23(2)3/h6-13H,5,14-15H2,1-4H3,(H,22,26). The van der Waals surface area contributed by atoms with Gasteiger partial charge in [0.25, 0.3) is 5.91 Å². The third-order valence-electron chi connectivity index (χ3n) is 4.35. The smallest absolute Gasteiger partial charge is 0.251 e. The molecule has 2 aromatic rings. The second kappa shape index (κ2) is 10.2. The summed E-state index contributed by atoms with van der Waals surface area (Å²) in [4.78, 5) is 26.2. The number of rotatable bonds is 9. The summed E-state index contributed by atoms with van der Waals surface area (Å²) in [6, 6.07) is 13.1. The Morgan fingerprint density at radius 2 is 1.70 bits per heavy atom. The molecule has 0 aliphatic rings. The molecule has 2 aromatic carbocycles. The first kappa shape index (κ1) is 23.4. The summed E-state index contributed by atoms with van der Waals surface area (Å²) < 4.78 is 30.9. The molecule has 0 aliphatic carbocycles. The molecule has 0 aliphatic heterocycles. The topological polar surface area (TPSA) is 96.0 Å². The van der Waals surface area contributed by atoms with Gasteiger partial charge in [-0.3, -0.25) is 9.59 Å². The summed E-state index contributed by atoms with van der Waals surface area (Å²) in [6.07, 6.45) is 0. The van der Waals surface area contributed by atoms with Gasteiger partial charge in [-0.25, -0.2) is 12.7 Å². The number of nitrogens with zero attached hydrogens (tertiary/aromatic N) is 2. The summed E-state index contributed by atoms with van der Waals surface area (Å²) >= 11 is 0. The quantitative estimate of drug-likeness (QED) is 0.650. The fourth-order valence-corrected chi connectivity index (χ4v) is 3.57. The number of sulfonamides is 1. The maximum absolute atomic E-state index is 12.4. The van der Waals surface area contributed by atoms with E-state index in [1.807, 2.05) is 31.2 Å². The third kappa shape index (κ3) is 6.04. The lowest BCUT2D eigenvalue weighted by Crippen LogP contribution is -2.37. The van der Waals surface area contributed by atoms with Crippen LogP contribution in [0.5, 0.6) is 5.75 Å². The lowest BCUT2D eigenvalue weighted by Gasteiger charge is -2.18. The molecule has 0 bridgehead atoms. The Balaban J connectivity index is 1.94. The summed E-state index contributed by atoms with van der Waals surface area (Å²) in [6.45, 7) is 2.68. The van der Waals surface area contributed by atoms with Crippen LogP contribution < -0.4 is 10.1 Å². The van der Waals surface area contributed by atoms with E-state index in [0.717, 1.165) is 15.6 Å². The molecule has 0 heterocycles. The highest BCUT2D eigenvalue weighted by molar-refractivity contribution is 7.89. The minimum atomic E-state index is -3.65. The Kier molecular flexibility index (Phi) is 7.96. The molecule has 0 fully saturated rings. The number of ether oxygens (including phenoxy) is 1. The van der Waals surface area contributed by atoms with Gasteiger partial charge in [0, 0.05) is 33.3 Å². The van der Waals surface area contributed by atoms with Crippen LogP contribution in [0.1, 0.15) is 22.8 Å². The predicted molar refractivity (Wildman–Crippen MR) is 114 cm³/mol. The Bertz CT molecular complexity index is 988. The van der Waals surface area contributed by atoms with E-state index in [1.165, 1.54) is 43.3 Å². The van der Waals surface area contributed by atoms with Crippen LogP contribution in [0.25, 0.3) is 0 Å². The van der Waals surface area contributed by atoms with Crippen LogP contribution in [0.15, 0.2) is 53.4 Å². The summed E-state index contributed by atoms with van der Waals surface area (Å²) in [5.41, 5.74) is 1.10. The number of nitrogens with one attached hydrogen (secondary N) is 1. The minimum Gasteiger partial charge on any atom is -0.494 e. The average molecular weight is 434 g/mol. The molecule has 8 nitrogen and oxygen atoms in total. The minimum absolute atomic E-state index is 0.0131. The van der Waals surface area contributed by atoms with Crippen LogP contribution in [-0.4, -0.2) is 63.7 Å². The van der Waals surface area contributed by atoms with E-state index in [4.69, 9.17) is 4.74 Å². The van der Waals surface area contributed by atoms with Crippen LogP contribution in [0.3, 0.4) is 0 Å². The monoisotopic (exact) mass is 433 g/mol. The van der Waals surface area contributed by atoms with Crippen molar-refractivity contribution in [3.8, 4) is 5.75 Å². The van der Waals surface area contributed by atoms with Crippen LogP contribution in [0, 0.1) is 0 Å². The zero-order chi connectivity index (χ0) is 22.3. The van der Waals surface area contributed by atoms with Gasteiger partial charge < -0.3 is 15.0 Å². The first-order chi connectivity index (χ1) is 14.1. The molecule has 162 valence electrons. The fraction of sp³-hybridized carbons (Fsp3) is 0.333. The van der Waals surface area contributed by atoms with Crippen molar-refractivity contribution in [1.29, 1.82) is 0 Å². The van der Waals surface area contributed by atoms with E-state index in [0.29, 0.717) is 13.2 Å². The lowest BCUT2D eigenvalue weighted by molar-refractivity contribution is -0.129. The van der Waals surface area contributed by atoms with Gasteiger partial charge in [0.2, 0.25) is 15.9 Å². The highest BCUT2D eigenvalue weighted by Gasteiger charge is 2.19. The van der Waals surface area contributed by atoms with E-state index in [-0.39, 0.29) is 22.9 Å². The molecule has 0 saturated heterocycles. The normalized spacial score (nSPS) is 11.2. The highest BCUT2D eigenvalue weighted by Crippen LogP contribution is 2.15. The zero-order valence-corrected chi connectivity index (χ0v) is 18.4. The Hall–Kier alpha value is -2.91. The summed E-state index contributed by atoms with van der Waals surface area (Å²) in [5.74, 6) is -0.0241. The van der Waals surface area contributed by atoms with E-state index in [2.05, 4.69) is 5.32 Å². The second-order valence-electron chi connectivity index (χ2n) is 6.82. The number of carbonyl (C=O) groups is 2. The Morgan fingerprint density at radius 3 is 2.30 bits per heavy atom. The molecule has 9 heteroatoms. The Labute approximate surface area is 177 Å². The van der Waals surface area contributed by atoms with Crippen molar-refractivity contribution in [2.24, 2.45) is 0 Å². The van der Waals surface area contributed by atoms with Crippen LogP contribution in [0.2, 0.25) is 0 Å². The van der Waals surface area contributed by atoms with Gasteiger partial charge in [0.1, 0.15) is 5.75 Å². The first-order valence-electron chi connectivity index (χ1n) is 9.41. The zero-order valence-electron chi connectivity index (χ0n) is 17.6. The number of hydrogen-bond donors (Lipinski definition) is 1. The highest BCUT2D eigenvalue weighted by atomic mass is 32.2. The van der Waals surface area contributed by atoms with E-state index in [1.54, 1.807) is 7.05 Å². The number of benzene rings is 2. The van der Waals surface area contributed by atoms with Crippen molar-refractivity contribution in [3.05, 3.63) is 59.7 Å². The van der Waals surface area contributed by atoms with Crippen LogP contribution in [0.4, 0.5) is 0 Å². The molecular formula is C21H27N3O5S. The van der Waals surface area contributed by atoms with Gasteiger partial charge in [0.15, 0.2) is 0 Å². The number of carbonyl (C=O) groups excluding carboxylic acids is 2. The van der Waals surface area contributed by atoms with Crippen molar-refractivity contribution >= 4 is 21.8 Å². The van der Waals surface area contributed by atoms with Crippen molar-refractivity contribution in [2.45, 2.75) is 18.4 Å². The van der Waals surface area contributed by atoms with E-state index < -0.39 is 15.9 Å². The van der Waals surface area contributed by atoms with Gasteiger partial charge in [-0.15, -0.1) is 0 Å². The van der Waals surface area contributed by atoms with Crippen molar-refractivity contribution < 1.29 is 22.7 Å². The maximum atomic E-state index is 12.4. The number of likely N-dealkylation sites (N-methyl/N-ethyl adjacent to an activating group) is 1. The molecule has 0 unspecified atom stereocenters. The second-order valence-corrected chi connectivity index (χ2v) is 8.98.